The number of β-amino-alcohol motifs (C(OH)–C–C–N with tert-alkyl or cyclic N) is 1. The van der Waals surface area contributed by atoms with Crippen LogP contribution < -0.4 is 5.48 Å². The Bertz CT molecular complexity index is 549. The Balaban J connectivity index is 1.77. The van der Waals surface area contributed by atoms with E-state index in [1.54, 1.807) is 0 Å². The molecule has 2 rings (SSSR count). The van der Waals surface area contributed by atoms with Gasteiger partial charge in [-0.3, -0.25) is 19.4 Å². The summed E-state index contributed by atoms with van der Waals surface area (Å²) < 4.78 is 0. The third-order valence-corrected chi connectivity index (χ3v) is 3.78. The molecule has 0 aliphatic carbocycles. The number of carbonyl (C=O) groups is 2. The summed E-state index contributed by atoms with van der Waals surface area (Å²) in [6.45, 7) is 2.42. The molecule has 1 fully saturated rings. The molecular weight excluding hydrogens is 322 g/mol. The first-order valence-corrected chi connectivity index (χ1v) is 7.93. The molecule has 1 aromatic rings. The highest BCUT2D eigenvalue weighted by Crippen LogP contribution is 2.10. The number of amides is 1. The molecule has 8 heteroatoms. The molecule has 1 aliphatic rings. The van der Waals surface area contributed by atoms with E-state index >= 15 is 0 Å². The van der Waals surface area contributed by atoms with Crippen molar-refractivity contribution in [3.63, 3.8) is 0 Å². The summed E-state index contributed by atoms with van der Waals surface area (Å²) in [7, 11) is 0. The van der Waals surface area contributed by atoms with Gasteiger partial charge in [0.2, 0.25) is 0 Å². The smallest absolute Gasteiger partial charge is 0.277 e. The highest BCUT2D eigenvalue weighted by Gasteiger charge is 2.18. The minimum absolute atomic E-state index is 0.0259. The van der Waals surface area contributed by atoms with Gasteiger partial charge in [0.05, 0.1) is 11.7 Å². The van der Waals surface area contributed by atoms with Crippen molar-refractivity contribution in [1.29, 1.82) is 0 Å². The quantitative estimate of drug-likeness (QED) is 0.567. The van der Waals surface area contributed by atoms with Crippen molar-refractivity contribution < 1.29 is 19.5 Å². The third-order valence-electron chi connectivity index (χ3n) is 3.60. The van der Waals surface area contributed by atoms with Gasteiger partial charge in [-0.05, 0) is 49.7 Å². The number of carbonyl (C=O) groups excluding carboxylic acids is 2. The van der Waals surface area contributed by atoms with Crippen LogP contribution in [0.3, 0.4) is 0 Å². The lowest BCUT2D eigenvalue weighted by Crippen LogP contribution is -2.39. The van der Waals surface area contributed by atoms with Crippen LogP contribution in [-0.2, 0) is 4.84 Å². The van der Waals surface area contributed by atoms with Crippen molar-refractivity contribution in [3.8, 4) is 0 Å². The van der Waals surface area contributed by atoms with E-state index in [-0.39, 0.29) is 17.9 Å². The predicted octanol–water partition coefficient (Wildman–Crippen LogP) is 0.969. The Kier molecular flexibility index (Phi) is 6.91. The number of piperidine rings is 1. The molecule has 2 N–H and O–H groups in total. The number of pyridine rings is 1. The average Bonchev–Trinajstić information content (AvgIpc) is 2.55. The highest BCUT2D eigenvalue weighted by molar-refractivity contribution is 6.67. The average molecular weight is 342 g/mol. The van der Waals surface area contributed by atoms with Crippen molar-refractivity contribution in [2.45, 2.75) is 25.4 Å². The minimum Gasteiger partial charge on any atom is -0.389 e. The number of hydrogen-bond donors (Lipinski definition) is 2. The maximum Gasteiger partial charge on any atom is 0.277 e. The van der Waals surface area contributed by atoms with Crippen molar-refractivity contribution in [2.24, 2.45) is 0 Å². The van der Waals surface area contributed by atoms with Gasteiger partial charge in [0, 0.05) is 12.7 Å². The SMILES string of the molecule is O=C(NOCC(O)CN1CCCCC1)c1cccnc1C(=O)Cl. The van der Waals surface area contributed by atoms with Crippen LogP contribution in [0.5, 0.6) is 0 Å². The molecular formula is C15H20ClN3O4. The van der Waals surface area contributed by atoms with Gasteiger partial charge in [-0.25, -0.2) is 5.48 Å². The van der Waals surface area contributed by atoms with Gasteiger partial charge in [-0.1, -0.05) is 6.42 Å². The molecule has 1 amide bonds. The number of halogens is 1. The maximum absolute atomic E-state index is 12.0. The van der Waals surface area contributed by atoms with E-state index in [1.165, 1.54) is 24.8 Å². The van der Waals surface area contributed by atoms with Gasteiger partial charge in [0.15, 0.2) is 0 Å². The van der Waals surface area contributed by atoms with E-state index in [2.05, 4.69) is 15.4 Å². The zero-order valence-corrected chi connectivity index (χ0v) is 13.5. The Hall–Kier alpha value is -1.54. The summed E-state index contributed by atoms with van der Waals surface area (Å²) in [5, 5.41) is 9.10. The fraction of sp³-hybridized carbons (Fsp3) is 0.533. The fourth-order valence-electron chi connectivity index (χ4n) is 2.50. The van der Waals surface area contributed by atoms with Crippen molar-refractivity contribution in [2.75, 3.05) is 26.2 Å². The third kappa shape index (κ3) is 5.54. The van der Waals surface area contributed by atoms with Crippen LogP contribution in [0.15, 0.2) is 18.3 Å². The Morgan fingerprint density at radius 2 is 2.13 bits per heavy atom. The molecule has 1 aromatic heterocycles. The van der Waals surface area contributed by atoms with Crippen LogP contribution in [0, 0.1) is 0 Å². The second kappa shape index (κ2) is 8.93. The van der Waals surface area contributed by atoms with E-state index in [9.17, 15) is 14.7 Å². The lowest BCUT2D eigenvalue weighted by atomic mass is 10.1. The number of aliphatic hydroxyl groups excluding tert-OH is 1. The van der Waals surface area contributed by atoms with Gasteiger partial charge in [-0.15, -0.1) is 0 Å². The fourth-order valence-corrected chi connectivity index (χ4v) is 2.65. The van der Waals surface area contributed by atoms with E-state index < -0.39 is 17.3 Å². The zero-order chi connectivity index (χ0) is 16.7. The summed E-state index contributed by atoms with van der Waals surface area (Å²) in [4.78, 5) is 34.1. The monoisotopic (exact) mass is 341 g/mol. The predicted molar refractivity (Wildman–Crippen MR) is 84.1 cm³/mol. The van der Waals surface area contributed by atoms with Gasteiger partial charge in [0.1, 0.15) is 12.3 Å². The molecule has 1 aliphatic heterocycles. The highest BCUT2D eigenvalue weighted by atomic mass is 35.5. The van der Waals surface area contributed by atoms with E-state index in [1.807, 2.05) is 0 Å². The molecule has 0 bridgehead atoms. The molecule has 7 nitrogen and oxygen atoms in total. The summed E-state index contributed by atoms with van der Waals surface area (Å²) in [5.41, 5.74) is 2.08. The van der Waals surface area contributed by atoms with Crippen LogP contribution in [0.4, 0.5) is 0 Å². The molecule has 126 valence electrons. The van der Waals surface area contributed by atoms with Gasteiger partial charge < -0.3 is 10.0 Å². The Morgan fingerprint density at radius 1 is 1.39 bits per heavy atom. The number of aliphatic hydroxyl groups is 1. The first kappa shape index (κ1) is 17.8. The largest absolute Gasteiger partial charge is 0.389 e. The van der Waals surface area contributed by atoms with Crippen molar-refractivity contribution in [1.82, 2.24) is 15.4 Å². The standard InChI is InChI=1S/C15H20ClN3O4/c16-14(21)13-12(5-4-6-17-13)15(22)18-23-10-11(20)9-19-7-2-1-3-8-19/h4-6,11,20H,1-3,7-10H2,(H,18,22). The first-order valence-electron chi connectivity index (χ1n) is 7.55. The number of nitrogens with one attached hydrogen (secondary N) is 1. The topological polar surface area (TPSA) is 91.8 Å². The second-order valence-electron chi connectivity index (χ2n) is 5.43. The van der Waals surface area contributed by atoms with E-state index in [0.717, 1.165) is 25.9 Å². The number of hydrogen-bond acceptors (Lipinski definition) is 6. The van der Waals surface area contributed by atoms with Crippen LogP contribution in [0.1, 0.15) is 40.1 Å². The molecule has 2 heterocycles. The molecule has 1 saturated heterocycles. The number of hydroxylamine groups is 1. The zero-order valence-electron chi connectivity index (χ0n) is 12.7. The number of aromatic nitrogens is 1. The number of likely N-dealkylation sites (tertiary alicyclic amines) is 1. The normalized spacial score (nSPS) is 16.8. The molecule has 0 aromatic carbocycles. The van der Waals surface area contributed by atoms with Crippen molar-refractivity contribution >= 4 is 22.8 Å². The maximum atomic E-state index is 12.0. The van der Waals surface area contributed by atoms with Gasteiger partial charge in [0.25, 0.3) is 11.1 Å². The molecule has 1 unspecified atom stereocenters. The second-order valence-corrected chi connectivity index (χ2v) is 5.77. The number of nitrogens with zero attached hydrogens (tertiary/aromatic N) is 2. The Morgan fingerprint density at radius 3 is 2.83 bits per heavy atom. The summed E-state index contributed by atoms with van der Waals surface area (Å²) in [6.07, 6.45) is 4.18. The summed E-state index contributed by atoms with van der Waals surface area (Å²) in [6, 6.07) is 2.94. The summed E-state index contributed by atoms with van der Waals surface area (Å²) >= 11 is 5.38. The van der Waals surface area contributed by atoms with Crippen LogP contribution in [0.2, 0.25) is 0 Å². The molecule has 23 heavy (non-hydrogen) atoms. The van der Waals surface area contributed by atoms with Gasteiger partial charge in [-0.2, -0.15) is 0 Å². The molecule has 1 atom stereocenters. The Labute approximate surface area is 139 Å². The first-order chi connectivity index (χ1) is 11.1. The summed E-state index contributed by atoms with van der Waals surface area (Å²) in [5.74, 6) is -0.632. The minimum atomic E-state index is -0.819. The van der Waals surface area contributed by atoms with Crippen LogP contribution >= 0.6 is 11.6 Å². The molecule has 0 saturated carbocycles. The lowest BCUT2D eigenvalue weighted by molar-refractivity contribution is -0.0243. The van der Waals surface area contributed by atoms with Crippen molar-refractivity contribution in [3.05, 3.63) is 29.6 Å². The van der Waals surface area contributed by atoms with E-state index in [4.69, 9.17) is 16.4 Å². The molecule has 0 radical (unpaired) electrons. The van der Waals surface area contributed by atoms with E-state index in [0.29, 0.717) is 6.54 Å². The molecule has 0 spiro atoms. The van der Waals surface area contributed by atoms with Crippen LogP contribution in [-0.4, -0.2) is 58.5 Å². The lowest BCUT2D eigenvalue weighted by Gasteiger charge is -2.28. The van der Waals surface area contributed by atoms with Crippen LogP contribution in [0.25, 0.3) is 0 Å². The van der Waals surface area contributed by atoms with Gasteiger partial charge >= 0.3 is 0 Å². The number of rotatable bonds is 7.